The first-order valence-corrected chi connectivity index (χ1v) is 7.98. The first kappa shape index (κ1) is 15.7. The van der Waals surface area contributed by atoms with E-state index in [4.69, 9.17) is 9.26 Å². The minimum atomic E-state index is -1.08. The van der Waals surface area contributed by atoms with Gasteiger partial charge in [0.05, 0.1) is 15.3 Å². The SMILES string of the molecule is COC(=O)C(C)(C)OP(c1ccccc1)c1ccccc1. The Morgan fingerprint density at radius 3 is 1.71 bits per heavy atom. The molecule has 2 rings (SSSR count). The van der Waals surface area contributed by atoms with Crippen molar-refractivity contribution in [2.24, 2.45) is 0 Å². The van der Waals surface area contributed by atoms with Crippen molar-refractivity contribution in [3.8, 4) is 0 Å². The molecule has 0 spiro atoms. The summed E-state index contributed by atoms with van der Waals surface area (Å²) < 4.78 is 11.0. The highest BCUT2D eigenvalue weighted by atomic mass is 31.1. The van der Waals surface area contributed by atoms with Crippen molar-refractivity contribution in [2.75, 3.05) is 7.11 Å². The third-order valence-electron chi connectivity index (χ3n) is 2.98. The molecule has 0 saturated carbocycles. The van der Waals surface area contributed by atoms with Gasteiger partial charge >= 0.3 is 5.97 Å². The number of carbonyl (C=O) groups is 1. The van der Waals surface area contributed by atoms with Crippen LogP contribution < -0.4 is 10.6 Å². The Hall–Kier alpha value is -1.70. The van der Waals surface area contributed by atoms with Crippen LogP contribution in [-0.4, -0.2) is 18.7 Å². The molecule has 0 saturated heterocycles. The van der Waals surface area contributed by atoms with Gasteiger partial charge in [0.1, 0.15) is 0 Å². The quantitative estimate of drug-likeness (QED) is 0.629. The van der Waals surface area contributed by atoms with E-state index in [9.17, 15) is 4.79 Å². The summed E-state index contributed by atoms with van der Waals surface area (Å²) in [5.74, 6) is -0.373. The fourth-order valence-electron chi connectivity index (χ4n) is 1.89. The van der Waals surface area contributed by atoms with E-state index in [1.165, 1.54) is 7.11 Å². The molecule has 0 aliphatic heterocycles. The smallest absolute Gasteiger partial charge is 0.337 e. The summed E-state index contributed by atoms with van der Waals surface area (Å²) in [5.41, 5.74) is -0.994. The van der Waals surface area contributed by atoms with Crippen molar-refractivity contribution in [1.29, 1.82) is 0 Å². The van der Waals surface area contributed by atoms with Gasteiger partial charge in [-0.15, -0.1) is 0 Å². The molecule has 2 aromatic carbocycles. The normalized spacial score (nSPS) is 11.4. The second-order valence-corrected chi connectivity index (χ2v) is 6.86. The highest BCUT2D eigenvalue weighted by Crippen LogP contribution is 2.40. The molecule has 0 N–H and O–H groups in total. The lowest BCUT2D eigenvalue weighted by Gasteiger charge is -2.28. The van der Waals surface area contributed by atoms with Crippen LogP contribution in [0.5, 0.6) is 0 Å². The third kappa shape index (κ3) is 3.90. The largest absolute Gasteiger partial charge is 0.467 e. The van der Waals surface area contributed by atoms with Crippen LogP contribution in [-0.2, 0) is 14.1 Å². The lowest BCUT2D eigenvalue weighted by Crippen LogP contribution is -2.36. The maximum absolute atomic E-state index is 11.9. The zero-order chi connectivity index (χ0) is 15.3. The van der Waals surface area contributed by atoms with Crippen molar-refractivity contribution in [1.82, 2.24) is 0 Å². The third-order valence-corrected chi connectivity index (χ3v) is 5.15. The van der Waals surface area contributed by atoms with Crippen molar-refractivity contribution in [2.45, 2.75) is 19.4 Å². The Kier molecular flexibility index (Phi) is 5.11. The van der Waals surface area contributed by atoms with Crippen molar-refractivity contribution < 1.29 is 14.1 Å². The average Bonchev–Trinajstić information content (AvgIpc) is 2.53. The number of esters is 1. The van der Waals surface area contributed by atoms with Gasteiger partial charge in [0.15, 0.2) is 5.60 Å². The maximum atomic E-state index is 11.9. The Morgan fingerprint density at radius 2 is 1.33 bits per heavy atom. The van der Waals surface area contributed by atoms with E-state index in [1.807, 2.05) is 60.7 Å². The van der Waals surface area contributed by atoms with Crippen LogP contribution in [0.2, 0.25) is 0 Å². The maximum Gasteiger partial charge on any atom is 0.337 e. The van der Waals surface area contributed by atoms with Gasteiger partial charge in [-0.1, -0.05) is 60.7 Å². The van der Waals surface area contributed by atoms with Gasteiger partial charge < -0.3 is 9.26 Å². The molecule has 0 unspecified atom stereocenters. The molecule has 3 nitrogen and oxygen atoms in total. The molecule has 0 atom stereocenters. The number of benzene rings is 2. The van der Waals surface area contributed by atoms with Crippen LogP contribution in [0.15, 0.2) is 60.7 Å². The van der Waals surface area contributed by atoms with E-state index in [0.717, 1.165) is 10.6 Å². The highest BCUT2D eigenvalue weighted by Gasteiger charge is 2.34. The van der Waals surface area contributed by atoms with Gasteiger partial charge in [0.25, 0.3) is 0 Å². The molecule has 0 radical (unpaired) electrons. The molecule has 0 amide bonds. The summed E-state index contributed by atoms with van der Waals surface area (Å²) in [4.78, 5) is 11.9. The van der Waals surface area contributed by atoms with E-state index in [2.05, 4.69) is 0 Å². The minimum Gasteiger partial charge on any atom is -0.467 e. The van der Waals surface area contributed by atoms with Gasteiger partial charge in [-0.05, 0) is 13.8 Å². The topological polar surface area (TPSA) is 35.5 Å². The number of rotatable bonds is 5. The molecule has 21 heavy (non-hydrogen) atoms. The Labute approximate surface area is 126 Å². The van der Waals surface area contributed by atoms with E-state index in [-0.39, 0.29) is 5.97 Å². The van der Waals surface area contributed by atoms with Crippen LogP contribution in [0, 0.1) is 0 Å². The molecule has 0 fully saturated rings. The van der Waals surface area contributed by atoms with Crippen LogP contribution in [0.25, 0.3) is 0 Å². The zero-order valence-electron chi connectivity index (χ0n) is 12.4. The molecule has 0 bridgehead atoms. The van der Waals surface area contributed by atoms with E-state index < -0.39 is 13.7 Å². The van der Waals surface area contributed by atoms with Gasteiger partial charge in [-0.3, -0.25) is 0 Å². The number of carbonyl (C=O) groups excluding carboxylic acids is 1. The second-order valence-electron chi connectivity index (χ2n) is 5.06. The molecule has 110 valence electrons. The summed E-state index contributed by atoms with van der Waals surface area (Å²) >= 11 is 0. The van der Waals surface area contributed by atoms with Crippen molar-refractivity contribution >= 4 is 24.7 Å². The van der Waals surface area contributed by atoms with Crippen LogP contribution in [0.4, 0.5) is 0 Å². The predicted octanol–water partition coefficient (Wildman–Crippen LogP) is 3.00. The lowest BCUT2D eigenvalue weighted by atomic mass is 10.1. The van der Waals surface area contributed by atoms with Gasteiger partial charge in [-0.2, -0.15) is 0 Å². The summed E-state index contributed by atoms with van der Waals surface area (Å²) in [7, 11) is 0.298. The van der Waals surface area contributed by atoms with E-state index >= 15 is 0 Å². The van der Waals surface area contributed by atoms with E-state index in [1.54, 1.807) is 13.8 Å². The van der Waals surface area contributed by atoms with E-state index in [0.29, 0.717) is 0 Å². The summed E-state index contributed by atoms with van der Waals surface area (Å²) in [5, 5.41) is 2.13. The van der Waals surface area contributed by atoms with Crippen molar-refractivity contribution in [3.05, 3.63) is 60.7 Å². The Morgan fingerprint density at radius 1 is 0.905 bits per heavy atom. The Bertz CT molecular complexity index is 542. The predicted molar refractivity (Wildman–Crippen MR) is 86.3 cm³/mol. The van der Waals surface area contributed by atoms with Crippen LogP contribution in [0.1, 0.15) is 13.8 Å². The zero-order valence-corrected chi connectivity index (χ0v) is 13.3. The fourth-order valence-corrected chi connectivity index (χ4v) is 3.82. The molecule has 0 aromatic heterocycles. The number of hydrogen-bond acceptors (Lipinski definition) is 3. The first-order valence-electron chi connectivity index (χ1n) is 6.72. The molecule has 4 heteroatoms. The number of hydrogen-bond donors (Lipinski definition) is 0. The Balaban J connectivity index is 2.36. The van der Waals surface area contributed by atoms with Gasteiger partial charge in [0.2, 0.25) is 0 Å². The minimum absolute atomic E-state index is 0.373. The van der Waals surface area contributed by atoms with Gasteiger partial charge in [-0.25, -0.2) is 4.79 Å². The second kappa shape index (κ2) is 6.84. The molecular weight excluding hydrogens is 283 g/mol. The lowest BCUT2D eigenvalue weighted by molar-refractivity contribution is -0.155. The molecule has 0 aliphatic rings. The molecule has 0 aliphatic carbocycles. The van der Waals surface area contributed by atoms with Crippen molar-refractivity contribution in [3.63, 3.8) is 0 Å². The summed E-state index contributed by atoms with van der Waals surface area (Å²) in [6, 6.07) is 19.9. The molecule has 0 heterocycles. The standard InChI is InChI=1S/C17H19O3P/c1-17(2,16(18)19-3)20-21(14-10-6-4-7-11-14)15-12-8-5-9-13-15/h4-13H,1-3H3. The first-order chi connectivity index (χ1) is 10.0. The number of methoxy groups -OCH3 is 1. The van der Waals surface area contributed by atoms with Gasteiger partial charge in [0, 0.05) is 10.6 Å². The fraction of sp³-hybridized carbons (Fsp3) is 0.235. The average molecular weight is 302 g/mol. The number of ether oxygens (including phenoxy) is 1. The molecular formula is C17H19O3P. The summed E-state index contributed by atoms with van der Waals surface area (Å²) in [6.45, 7) is 3.47. The molecule has 2 aromatic rings. The monoisotopic (exact) mass is 302 g/mol. The highest BCUT2D eigenvalue weighted by molar-refractivity contribution is 7.68. The van der Waals surface area contributed by atoms with Crippen LogP contribution >= 0.6 is 8.15 Å². The van der Waals surface area contributed by atoms with Crippen LogP contribution in [0.3, 0.4) is 0 Å². The summed E-state index contributed by atoms with van der Waals surface area (Å²) in [6.07, 6.45) is 0.